The molecule has 4 rings (SSSR count). The molecule has 0 aliphatic heterocycles. The van der Waals surface area contributed by atoms with Gasteiger partial charge >= 0.3 is 175 Å². The summed E-state index contributed by atoms with van der Waals surface area (Å²) in [5.41, 5.74) is 8.77. The van der Waals surface area contributed by atoms with E-state index in [1.165, 1.54) is 46.2 Å². The predicted molar refractivity (Wildman–Crippen MR) is 113 cm³/mol. The van der Waals surface area contributed by atoms with Gasteiger partial charge in [0, 0.05) is 0 Å². The van der Waals surface area contributed by atoms with Crippen LogP contribution in [0.2, 0.25) is 0 Å². The standard InChI is InChI=1S/2C13H13.2ClH.Hf/c2*1-2-11-6-5-9-13(10-11)12-7-3-4-8-12;;;/h2*3,5-7,9-10H,2,4H2,1H3;2*1H;/q;;;;+2/p-2. The van der Waals surface area contributed by atoms with Crippen LogP contribution in [0.3, 0.4) is 0 Å². The second-order valence-electron chi connectivity index (χ2n) is 7.23. The Morgan fingerprint density at radius 2 is 1.14 bits per heavy atom. The molecule has 0 spiro atoms. The van der Waals surface area contributed by atoms with E-state index in [4.69, 9.17) is 0 Å². The normalized spacial score (nSPS) is 14.7. The molecule has 2 aromatic rings. The largest absolute Gasteiger partial charge is 1.00 e. The fourth-order valence-electron chi connectivity index (χ4n) is 3.89. The maximum absolute atomic E-state index is 2.39. The minimum atomic E-state index is -1.02. The molecule has 0 saturated carbocycles. The molecule has 2 aliphatic carbocycles. The zero-order valence-electron chi connectivity index (χ0n) is 17.0. The van der Waals surface area contributed by atoms with E-state index in [1.54, 1.807) is 6.66 Å². The van der Waals surface area contributed by atoms with Crippen molar-refractivity contribution < 1.29 is 47.7 Å². The van der Waals surface area contributed by atoms with Crippen LogP contribution in [0, 0.1) is 0 Å². The molecule has 0 bridgehead atoms. The quantitative estimate of drug-likeness (QED) is 0.442. The van der Waals surface area contributed by atoms with Gasteiger partial charge in [-0.1, -0.05) is 0 Å². The van der Waals surface area contributed by atoms with Gasteiger partial charge in [0.25, 0.3) is 0 Å². The number of hydrogen-bond acceptors (Lipinski definition) is 0. The summed E-state index contributed by atoms with van der Waals surface area (Å²) in [6, 6.07) is 18.3. The third kappa shape index (κ3) is 5.51. The molecule has 2 aliphatic rings. The van der Waals surface area contributed by atoms with Gasteiger partial charge < -0.3 is 24.8 Å². The van der Waals surface area contributed by atoms with Crippen LogP contribution in [0.5, 0.6) is 0 Å². The Labute approximate surface area is 199 Å². The zero-order chi connectivity index (χ0) is 18.6. The molecule has 0 heterocycles. The van der Waals surface area contributed by atoms with Crippen molar-refractivity contribution in [3.05, 3.63) is 102 Å². The Morgan fingerprint density at radius 3 is 1.55 bits per heavy atom. The van der Waals surface area contributed by atoms with Crippen molar-refractivity contribution in [3.63, 3.8) is 0 Å². The van der Waals surface area contributed by atoms with E-state index in [-0.39, 0.29) is 24.8 Å². The molecule has 0 fully saturated rings. The maximum atomic E-state index is 2.39. The van der Waals surface area contributed by atoms with Crippen molar-refractivity contribution in [2.75, 3.05) is 0 Å². The smallest absolute Gasteiger partial charge is 1.00 e. The van der Waals surface area contributed by atoms with Crippen LogP contribution in [0.1, 0.15) is 48.9 Å². The second-order valence-corrected chi connectivity index (χ2v) is 12.5. The summed E-state index contributed by atoms with van der Waals surface area (Å²) in [5, 5.41) is 0. The number of halogens is 2. The van der Waals surface area contributed by atoms with Crippen molar-refractivity contribution in [1.29, 1.82) is 0 Å². The SMILES string of the molecule is CCc1cccc(C2=[C]([Hf+2][C]3=C(c4cccc(CC)c4)C=CC3)CC=C2)c1.[Cl-].[Cl-]. The summed E-state index contributed by atoms with van der Waals surface area (Å²) in [6.45, 7) is 4.48. The van der Waals surface area contributed by atoms with Crippen LogP contribution in [0.4, 0.5) is 0 Å². The molecule has 0 saturated heterocycles. The third-order valence-electron chi connectivity index (χ3n) is 5.46. The summed E-state index contributed by atoms with van der Waals surface area (Å²) < 4.78 is 3.51. The average molecular weight is 588 g/mol. The molecule has 29 heavy (non-hydrogen) atoms. The van der Waals surface area contributed by atoms with Crippen LogP contribution in [0.15, 0.2) is 79.5 Å². The van der Waals surface area contributed by atoms with E-state index in [0.717, 1.165) is 12.8 Å². The van der Waals surface area contributed by atoms with Gasteiger partial charge in [-0.25, -0.2) is 0 Å². The van der Waals surface area contributed by atoms with Crippen LogP contribution >= 0.6 is 0 Å². The summed E-state index contributed by atoms with van der Waals surface area (Å²) in [4.78, 5) is 0. The van der Waals surface area contributed by atoms with Crippen LogP contribution in [0.25, 0.3) is 11.1 Å². The van der Waals surface area contributed by atoms with E-state index in [1.807, 2.05) is 0 Å². The molecule has 0 aromatic heterocycles. The molecule has 148 valence electrons. The summed E-state index contributed by atoms with van der Waals surface area (Å²) in [7, 11) is 0. The van der Waals surface area contributed by atoms with Crippen molar-refractivity contribution in [3.8, 4) is 0 Å². The summed E-state index contributed by atoms with van der Waals surface area (Å²) >= 11 is -1.02. The van der Waals surface area contributed by atoms with Gasteiger partial charge in [-0.15, -0.1) is 0 Å². The van der Waals surface area contributed by atoms with E-state index < -0.39 is 22.9 Å². The minimum Gasteiger partial charge on any atom is -1.00 e. The van der Waals surface area contributed by atoms with Crippen LogP contribution in [-0.2, 0) is 35.7 Å². The van der Waals surface area contributed by atoms with Crippen molar-refractivity contribution in [1.82, 2.24) is 0 Å². The average Bonchev–Trinajstić information content (AvgIpc) is 3.38. The fraction of sp³-hybridized carbons (Fsp3) is 0.231. The maximum Gasteiger partial charge on any atom is -1.00 e. The molecule has 3 heteroatoms. The molecule has 0 nitrogen and oxygen atoms in total. The molecular formula is C26H26Cl2Hf. The van der Waals surface area contributed by atoms with Crippen molar-refractivity contribution >= 4 is 11.1 Å². The Hall–Kier alpha value is -1.15. The van der Waals surface area contributed by atoms with Gasteiger partial charge in [-0.2, -0.15) is 0 Å². The monoisotopic (exact) mass is 588 g/mol. The predicted octanol–water partition coefficient (Wildman–Crippen LogP) is 0.944. The number of hydrogen-bond donors (Lipinski definition) is 0. The van der Waals surface area contributed by atoms with Crippen molar-refractivity contribution in [2.45, 2.75) is 39.5 Å². The molecular weight excluding hydrogens is 562 g/mol. The van der Waals surface area contributed by atoms with Gasteiger partial charge in [0.15, 0.2) is 0 Å². The zero-order valence-corrected chi connectivity index (χ0v) is 22.1. The third-order valence-corrected chi connectivity index (χ3v) is 11.0. The molecule has 0 radical (unpaired) electrons. The number of benzene rings is 2. The van der Waals surface area contributed by atoms with Gasteiger partial charge in [-0.3, -0.25) is 0 Å². The van der Waals surface area contributed by atoms with E-state index in [0.29, 0.717) is 0 Å². The van der Waals surface area contributed by atoms with E-state index >= 15 is 0 Å². The Balaban J connectivity index is 0.00000150. The first kappa shape index (κ1) is 24.1. The molecule has 0 unspecified atom stereocenters. The molecule has 0 amide bonds. The Morgan fingerprint density at radius 1 is 0.690 bits per heavy atom. The topological polar surface area (TPSA) is 0 Å². The number of allylic oxidation sites excluding steroid dienone is 8. The van der Waals surface area contributed by atoms with Crippen molar-refractivity contribution in [2.24, 2.45) is 0 Å². The first-order valence-corrected chi connectivity index (χ1v) is 13.6. The van der Waals surface area contributed by atoms with Gasteiger partial charge in [0.2, 0.25) is 0 Å². The molecule has 2 aromatic carbocycles. The second kappa shape index (κ2) is 11.3. The molecule has 0 atom stereocenters. The molecule has 0 N–H and O–H groups in total. The van der Waals surface area contributed by atoms with Gasteiger partial charge in [0.05, 0.1) is 0 Å². The Kier molecular flexibility index (Phi) is 9.40. The van der Waals surface area contributed by atoms with Crippen LogP contribution < -0.4 is 24.8 Å². The van der Waals surface area contributed by atoms with Gasteiger partial charge in [0.1, 0.15) is 0 Å². The number of rotatable bonds is 6. The van der Waals surface area contributed by atoms with E-state index in [9.17, 15) is 0 Å². The summed E-state index contributed by atoms with van der Waals surface area (Å²) in [5.74, 6) is 0. The number of aryl methyl sites for hydroxylation is 2. The first-order valence-electron chi connectivity index (χ1n) is 10.0. The van der Waals surface area contributed by atoms with E-state index in [2.05, 4.69) is 86.7 Å². The van der Waals surface area contributed by atoms with Gasteiger partial charge in [-0.05, 0) is 0 Å². The van der Waals surface area contributed by atoms with Crippen LogP contribution in [-0.4, -0.2) is 0 Å². The fourth-order valence-corrected chi connectivity index (χ4v) is 9.38. The Bertz CT molecular complexity index is 900. The summed E-state index contributed by atoms with van der Waals surface area (Å²) in [6.07, 6.45) is 14.0. The first-order chi connectivity index (χ1) is 13.3. The minimum absolute atomic E-state index is 0.